The molecule has 5 heteroatoms. The summed E-state index contributed by atoms with van der Waals surface area (Å²) >= 11 is 0. The largest absolute Gasteiger partial charge is 0.349 e. The first kappa shape index (κ1) is 17.9. The third-order valence-electron chi connectivity index (χ3n) is 4.32. The van der Waals surface area contributed by atoms with E-state index < -0.39 is 11.7 Å². The second-order valence-electron chi connectivity index (χ2n) is 6.66. The van der Waals surface area contributed by atoms with Crippen molar-refractivity contribution in [3.8, 4) is 11.1 Å². The number of ketones is 1. The van der Waals surface area contributed by atoms with Crippen molar-refractivity contribution in [3.05, 3.63) is 66.5 Å². The summed E-state index contributed by atoms with van der Waals surface area (Å²) in [6, 6.07) is 17.3. The highest BCUT2D eigenvalue weighted by atomic mass is 16.2. The van der Waals surface area contributed by atoms with Gasteiger partial charge in [-0.25, -0.2) is 0 Å². The molecule has 0 aliphatic rings. The van der Waals surface area contributed by atoms with Gasteiger partial charge in [-0.05, 0) is 23.8 Å². The summed E-state index contributed by atoms with van der Waals surface area (Å²) in [5.74, 6) is -1.06. The molecule has 0 radical (unpaired) electrons. The molecule has 0 fully saturated rings. The quantitative estimate of drug-likeness (QED) is 0.385. The van der Waals surface area contributed by atoms with Crippen LogP contribution >= 0.6 is 0 Å². The Morgan fingerprint density at radius 1 is 1.04 bits per heavy atom. The third-order valence-corrected chi connectivity index (χ3v) is 4.32. The van der Waals surface area contributed by atoms with Crippen molar-refractivity contribution in [2.75, 3.05) is 27.2 Å². The van der Waals surface area contributed by atoms with E-state index in [9.17, 15) is 9.59 Å². The maximum Gasteiger partial charge on any atom is 0.294 e. The highest BCUT2D eigenvalue weighted by Crippen LogP contribution is 2.28. The van der Waals surface area contributed by atoms with Gasteiger partial charge >= 0.3 is 0 Å². The molecule has 0 spiro atoms. The monoisotopic (exact) mass is 350 g/mol. The van der Waals surface area contributed by atoms with Gasteiger partial charge in [-0.1, -0.05) is 36.4 Å². The lowest BCUT2D eigenvalue weighted by molar-refractivity contribution is -0.858. The molecule has 3 rings (SSSR count). The molecule has 0 aliphatic heterocycles. The van der Waals surface area contributed by atoms with Crippen LogP contribution in [0.4, 0.5) is 0 Å². The van der Waals surface area contributed by atoms with Crippen LogP contribution in [0.2, 0.25) is 0 Å². The molecule has 2 N–H and O–H groups in total. The Morgan fingerprint density at radius 2 is 1.77 bits per heavy atom. The topological polar surface area (TPSA) is 55.0 Å². The van der Waals surface area contributed by atoms with Crippen LogP contribution in [-0.4, -0.2) is 43.3 Å². The molecule has 5 nitrogen and oxygen atoms in total. The average molecular weight is 350 g/mol. The Bertz CT molecular complexity index is 913. The number of hydrogen-bond donors (Lipinski definition) is 2. The molecule has 0 unspecified atom stereocenters. The smallest absolute Gasteiger partial charge is 0.294 e. The summed E-state index contributed by atoms with van der Waals surface area (Å²) in [6.07, 6.45) is 2.65. The van der Waals surface area contributed by atoms with Crippen LogP contribution in [0.15, 0.2) is 60.8 Å². The molecule has 0 bridgehead atoms. The summed E-state index contributed by atoms with van der Waals surface area (Å²) in [7, 11) is 4.12. The minimum atomic E-state index is -0.556. The van der Waals surface area contributed by atoms with Crippen LogP contribution in [0.3, 0.4) is 0 Å². The van der Waals surface area contributed by atoms with Crippen molar-refractivity contribution in [2.24, 2.45) is 0 Å². The van der Waals surface area contributed by atoms with Gasteiger partial charge in [0.15, 0.2) is 0 Å². The molecule has 0 atom stereocenters. The van der Waals surface area contributed by atoms with Crippen LogP contribution < -0.4 is 10.2 Å². The van der Waals surface area contributed by atoms with E-state index in [1.165, 1.54) is 4.90 Å². The zero-order chi connectivity index (χ0) is 18.5. The van der Waals surface area contributed by atoms with Crippen molar-refractivity contribution in [1.29, 1.82) is 0 Å². The molecule has 0 aliphatic carbocycles. The normalized spacial score (nSPS) is 11.0. The summed E-state index contributed by atoms with van der Waals surface area (Å²) in [4.78, 5) is 26.7. The SMILES string of the molecule is C[NH+](C)CCCNC(=O)C(=O)c1c(-c2ccccc2)cc2ccccn12. The number of amides is 1. The lowest BCUT2D eigenvalue weighted by atomic mass is 10.0. The number of aromatic nitrogens is 1. The molecular formula is C21H24N3O2+. The van der Waals surface area contributed by atoms with Crippen LogP contribution in [0.5, 0.6) is 0 Å². The van der Waals surface area contributed by atoms with Crippen molar-refractivity contribution in [3.63, 3.8) is 0 Å². The predicted octanol–water partition coefficient (Wildman–Crippen LogP) is 1.44. The Balaban J connectivity index is 1.90. The average Bonchev–Trinajstić information content (AvgIpc) is 3.04. The van der Waals surface area contributed by atoms with Crippen molar-refractivity contribution in [1.82, 2.24) is 9.72 Å². The Kier molecular flexibility index (Phi) is 5.49. The molecule has 1 amide bonds. The fourth-order valence-corrected chi connectivity index (χ4v) is 3.02. The molecule has 3 aromatic rings. The first-order valence-corrected chi connectivity index (χ1v) is 8.85. The van der Waals surface area contributed by atoms with Gasteiger partial charge in [-0.2, -0.15) is 0 Å². The number of hydrogen-bond acceptors (Lipinski definition) is 2. The summed E-state index contributed by atoms with van der Waals surface area (Å²) in [5.41, 5.74) is 2.99. The summed E-state index contributed by atoms with van der Waals surface area (Å²) in [6.45, 7) is 1.44. The first-order chi connectivity index (χ1) is 12.6. The van der Waals surface area contributed by atoms with Crippen LogP contribution in [-0.2, 0) is 4.79 Å². The predicted molar refractivity (Wildman–Crippen MR) is 102 cm³/mol. The Hall–Kier alpha value is -2.92. The molecule has 1 aromatic carbocycles. The van der Waals surface area contributed by atoms with E-state index in [0.29, 0.717) is 12.2 Å². The number of benzene rings is 1. The molecular weight excluding hydrogens is 326 g/mol. The van der Waals surface area contributed by atoms with E-state index in [4.69, 9.17) is 0 Å². The maximum atomic E-state index is 12.9. The fourth-order valence-electron chi connectivity index (χ4n) is 3.02. The number of pyridine rings is 1. The number of fused-ring (bicyclic) bond motifs is 1. The van der Waals surface area contributed by atoms with Gasteiger partial charge in [0, 0.05) is 30.2 Å². The van der Waals surface area contributed by atoms with Gasteiger partial charge in [-0.15, -0.1) is 0 Å². The van der Waals surface area contributed by atoms with Crippen LogP contribution in [0.25, 0.3) is 16.6 Å². The van der Waals surface area contributed by atoms with E-state index >= 15 is 0 Å². The zero-order valence-electron chi connectivity index (χ0n) is 15.2. The van der Waals surface area contributed by atoms with Gasteiger partial charge in [-0.3, -0.25) is 9.59 Å². The number of nitrogens with zero attached hydrogens (tertiary/aromatic N) is 1. The molecule has 134 valence electrons. The van der Waals surface area contributed by atoms with Crippen molar-refractivity contribution >= 4 is 17.2 Å². The summed E-state index contributed by atoms with van der Waals surface area (Å²) in [5, 5.41) is 2.75. The fraction of sp³-hybridized carbons (Fsp3) is 0.238. The van der Waals surface area contributed by atoms with Crippen LogP contribution in [0.1, 0.15) is 16.9 Å². The van der Waals surface area contributed by atoms with E-state index in [-0.39, 0.29) is 0 Å². The molecule has 2 heterocycles. The van der Waals surface area contributed by atoms with Gasteiger partial charge in [0.2, 0.25) is 0 Å². The lowest BCUT2D eigenvalue weighted by Crippen LogP contribution is -3.05. The minimum absolute atomic E-state index is 0.405. The van der Waals surface area contributed by atoms with Gasteiger partial charge in [0.05, 0.1) is 20.6 Å². The maximum absolute atomic E-state index is 12.9. The minimum Gasteiger partial charge on any atom is -0.349 e. The number of carbonyl (C=O) groups is 2. The van der Waals surface area contributed by atoms with Gasteiger partial charge in [0.1, 0.15) is 5.69 Å². The van der Waals surface area contributed by atoms with Gasteiger partial charge < -0.3 is 14.6 Å². The highest BCUT2D eigenvalue weighted by Gasteiger charge is 2.24. The Morgan fingerprint density at radius 3 is 2.50 bits per heavy atom. The number of carbonyl (C=O) groups excluding carboxylic acids is 2. The van der Waals surface area contributed by atoms with Crippen molar-refractivity contribution in [2.45, 2.75) is 6.42 Å². The number of quaternary nitrogens is 1. The van der Waals surface area contributed by atoms with Crippen LogP contribution in [0, 0.1) is 0 Å². The number of Topliss-reactive ketones (excluding diaryl/α,β-unsaturated/α-hetero) is 1. The second-order valence-corrected chi connectivity index (χ2v) is 6.66. The first-order valence-electron chi connectivity index (χ1n) is 8.85. The summed E-state index contributed by atoms with van der Waals surface area (Å²) < 4.78 is 1.79. The standard InChI is InChI=1S/C21H23N3O2/c1-23(2)13-8-12-22-21(26)20(25)19-18(16-9-4-3-5-10-16)15-17-11-6-7-14-24(17)19/h3-7,9-11,14-15H,8,12-13H2,1-2H3,(H,22,26)/p+1. The lowest BCUT2D eigenvalue weighted by Gasteiger charge is -2.09. The molecule has 26 heavy (non-hydrogen) atoms. The zero-order valence-corrected chi connectivity index (χ0v) is 15.2. The molecule has 0 saturated heterocycles. The Labute approximate surface area is 153 Å². The number of nitrogens with one attached hydrogen (secondary N) is 2. The molecule has 2 aromatic heterocycles. The third kappa shape index (κ3) is 3.83. The van der Waals surface area contributed by atoms with E-state index in [0.717, 1.165) is 29.6 Å². The highest BCUT2D eigenvalue weighted by molar-refractivity contribution is 6.43. The molecule has 0 saturated carbocycles. The second kappa shape index (κ2) is 7.97. The van der Waals surface area contributed by atoms with E-state index in [2.05, 4.69) is 19.4 Å². The van der Waals surface area contributed by atoms with Crippen molar-refractivity contribution < 1.29 is 14.5 Å². The number of rotatable bonds is 7. The van der Waals surface area contributed by atoms with E-state index in [1.807, 2.05) is 60.8 Å². The van der Waals surface area contributed by atoms with E-state index in [1.54, 1.807) is 4.40 Å². The van der Waals surface area contributed by atoms with Gasteiger partial charge in [0.25, 0.3) is 11.7 Å².